The summed E-state index contributed by atoms with van der Waals surface area (Å²) in [5.41, 5.74) is 0.786. The van der Waals surface area contributed by atoms with Gasteiger partial charge in [-0.25, -0.2) is 4.79 Å². The lowest BCUT2D eigenvalue weighted by Gasteiger charge is -2.43. The number of ether oxygens (including phenoxy) is 1. The topological polar surface area (TPSA) is 108 Å². The van der Waals surface area contributed by atoms with Gasteiger partial charge in [0.15, 0.2) is 0 Å². The number of amides is 3. The predicted molar refractivity (Wildman–Crippen MR) is 153 cm³/mol. The molecule has 0 spiro atoms. The Balaban J connectivity index is 2.59. The number of phenolic OH excluding ortho intramolecular Hbond substituents is 1. The van der Waals surface area contributed by atoms with Crippen LogP contribution in [0.2, 0.25) is 0 Å². The smallest absolute Gasteiger partial charge is 0.408 e. The van der Waals surface area contributed by atoms with E-state index in [4.69, 9.17) is 4.74 Å². The number of nitrogens with one attached hydrogen (secondary N) is 2. The fourth-order valence-corrected chi connectivity index (χ4v) is 4.31. The molecule has 2 aromatic rings. The van der Waals surface area contributed by atoms with Crippen molar-refractivity contribution in [2.45, 2.75) is 97.9 Å². The number of carbonyl (C=O) groups is 3. The summed E-state index contributed by atoms with van der Waals surface area (Å²) >= 11 is 0. The van der Waals surface area contributed by atoms with Crippen LogP contribution in [0.5, 0.6) is 5.75 Å². The number of rotatable bonds is 10. The van der Waals surface area contributed by atoms with Crippen molar-refractivity contribution in [1.82, 2.24) is 15.5 Å². The van der Waals surface area contributed by atoms with E-state index in [0.29, 0.717) is 6.54 Å². The minimum absolute atomic E-state index is 0.0985. The van der Waals surface area contributed by atoms with E-state index in [9.17, 15) is 19.5 Å². The van der Waals surface area contributed by atoms with Crippen molar-refractivity contribution < 1.29 is 24.2 Å². The minimum atomic E-state index is -1.03. The Bertz CT molecular complexity index is 1120. The number of aryl methyl sites for hydroxylation is 1. The molecule has 214 valence electrons. The van der Waals surface area contributed by atoms with Gasteiger partial charge in [-0.15, -0.1) is 0 Å². The summed E-state index contributed by atoms with van der Waals surface area (Å²) in [7, 11) is 0. The normalized spacial score (nSPS) is 13.2. The Morgan fingerprint density at radius 2 is 1.59 bits per heavy atom. The SMILES string of the molecule is CCCCNC(=O)C(c1ccccc1C)N(C(=O)C(Cc1ccc(O)cc1)NC(=O)OC(C)(C)C)C(C)(C)C. The van der Waals surface area contributed by atoms with Crippen LogP contribution in [-0.4, -0.2) is 51.6 Å². The van der Waals surface area contributed by atoms with E-state index in [-0.39, 0.29) is 18.1 Å². The molecule has 0 aliphatic carbocycles. The summed E-state index contributed by atoms with van der Waals surface area (Å²) in [6, 6.07) is 12.0. The Morgan fingerprint density at radius 3 is 2.13 bits per heavy atom. The fraction of sp³-hybridized carbons (Fsp3) is 0.516. The monoisotopic (exact) mass is 539 g/mol. The first kappa shape index (κ1) is 31.7. The van der Waals surface area contributed by atoms with Crippen LogP contribution in [0.25, 0.3) is 0 Å². The van der Waals surface area contributed by atoms with Crippen LogP contribution in [-0.2, 0) is 20.7 Å². The zero-order chi connectivity index (χ0) is 29.4. The van der Waals surface area contributed by atoms with Gasteiger partial charge < -0.3 is 25.4 Å². The maximum absolute atomic E-state index is 14.4. The lowest BCUT2D eigenvalue weighted by atomic mass is 9.92. The molecule has 2 aromatic carbocycles. The molecule has 0 fully saturated rings. The molecule has 3 N–H and O–H groups in total. The van der Waals surface area contributed by atoms with E-state index < -0.39 is 35.2 Å². The molecule has 3 amide bonds. The highest BCUT2D eigenvalue weighted by Crippen LogP contribution is 2.32. The Kier molecular flexibility index (Phi) is 11.0. The third-order valence-corrected chi connectivity index (χ3v) is 6.14. The summed E-state index contributed by atoms with van der Waals surface area (Å²) < 4.78 is 5.48. The number of aromatic hydroxyl groups is 1. The number of phenols is 1. The maximum atomic E-state index is 14.4. The average Bonchev–Trinajstić information content (AvgIpc) is 2.81. The van der Waals surface area contributed by atoms with E-state index in [1.165, 1.54) is 12.1 Å². The molecule has 0 saturated heterocycles. The Morgan fingerprint density at radius 1 is 0.974 bits per heavy atom. The van der Waals surface area contributed by atoms with Gasteiger partial charge in [0, 0.05) is 18.5 Å². The summed E-state index contributed by atoms with van der Waals surface area (Å²) in [5.74, 6) is -0.594. The van der Waals surface area contributed by atoms with Crippen LogP contribution in [0, 0.1) is 6.92 Å². The van der Waals surface area contributed by atoms with Crippen molar-refractivity contribution in [3.8, 4) is 5.75 Å². The molecule has 8 nitrogen and oxygen atoms in total. The minimum Gasteiger partial charge on any atom is -0.508 e. The number of hydrogen-bond acceptors (Lipinski definition) is 5. The highest BCUT2D eigenvalue weighted by Gasteiger charge is 2.42. The summed E-state index contributed by atoms with van der Waals surface area (Å²) in [6.45, 7) is 15.3. The third-order valence-electron chi connectivity index (χ3n) is 6.14. The molecule has 8 heteroatoms. The van der Waals surface area contributed by atoms with Gasteiger partial charge in [-0.1, -0.05) is 49.7 Å². The zero-order valence-electron chi connectivity index (χ0n) is 24.6. The molecule has 0 heterocycles. The van der Waals surface area contributed by atoms with Gasteiger partial charge in [0.2, 0.25) is 11.8 Å². The van der Waals surface area contributed by atoms with Crippen molar-refractivity contribution in [1.29, 1.82) is 0 Å². The quantitative estimate of drug-likeness (QED) is 0.350. The van der Waals surface area contributed by atoms with Crippen molar-refractivity contribution in [3.63, 3.8) is 0 Å². The summed E-state index contributed by atoms with van der Waals surface area (Å²) in [5, 5.41) is 15.5. The first-order chi connectivity index (χ1) is 18.1. The molecule has 2 atom stereocenters. The summed E-state index contributed by atoms with van der Waals surface area (Å²) in [4.78, 5) is 42.6. The second-order valence-electron chi connectivity index (χ2n) is 11.9. The average molecular weight is 540 g/mol. The first-order valence-electron chi connectivity index (χ1n) is 13.6. The van der Waals surface area contributed by atoms with Gasteiger partial charge in [0.25, 0.3) is 0 Å². The third kappa shape index (κ3) is 9.61. The lowest BCUT2D eigenvalue weighted by Crippen LogP contribution is -2.59. The van der Waals surface area contributed by atoms with E-state index in [0.717, 1.165) is 29.5 Å². The van der Waals surface area contributed by atoms with Crippen LogP contribution < -0.4 is 10.6 Å². The first-order valence-corrected chi connectivity index (χ1v) is 13.6. The standard InChI is InChI=1S/C31H45N3O5/c1-9-10-19-32-27(36)26(24-14-12-11-13-21(24)2)34(30(3,4)5)28(37)25(33-29(38)39-31(6,7)8)20-22-15-17-23(35)18-16-22/h11-18,25-26,35H,9-10,19-20H2,1-8H3,(H,32,36)(H,33,38). The van der Waals surface area contributed by atoms with Crippen LogP contribution in [0.4, 0.5) is 4.79 Å². The predicted octanol–water partition coefficient (Wildman–Crippen LogP) is 5.42. The van der Waals surface area contributed by atoms with Gasteiger partial charge in [0.05, 0.1) is 0 Å². The number of alkyl carbamates (subject to hydrolysis) is 1. The Labute approximate surface area is 233 Å². The highest BCUT2D eigenvalue weighted by atomic mass is 16.6. The molecule has 2 rings (SSSR count). The van der Waals surface area contributed by atoms with Crippen LogP contribution in [0.3, 0.4) is 0 Å². The molecule has 0 bridgehead atoms. The molecular formula is C31H45N3O5. The van der Waals surface area contributed by atoms with Gasteiger partial charge >= 0.3 is 6.09 Å². The molecule has 0 radical (unpaired) electrons. The van der Waals surface area contributed by atoms with Crippen molar-refractivity contribution in [2.24, 2.45) is 0 Å². The molecule has 39 heavy (non-hydrogen) atoms. The number of benzene rings is 2. The van der Waals surface area contributed by atoms with Crippen LogP contribution >= 0.6 is 0 Å². The largest absolute Gasteiger partial charge is 0.508 e. The second-order valence-corrected chi connectivity index (χ2v) is 11.9. The Hall–Kier alpha value is -3.55. The van der Waals surface area contributed by atoms with E-state index in [1.807, 2.05) is 58.9 Å². The van der Waals surface area contributed by atoms with Gasteiger partial charge in [-0.3, -0.25) is 9.59 Å². The number of unbranched alkanes of at least 4 members (excludes halogenated alkanes) is 1. The maximum Gasteiger partial charge on any atom is 0.408 e. The van der Waals surface area contributed by atoms with Gasteiger partial charge in [-0.05, 0) is 83.7 Å². The van der Waals surface area contributed by atoms with Crippen LogP contribution in [0.15, 0.2) is 48.5 Å². The zero-order valence-corrected chi connectivity index (χ0v) is 24.6. The molecule has 0 aromatic heterocycles. The molecule has 0 aliphatic rings. The summed E-state index contributed by atoms with van der Waals surface area (Å²) in [6.07, 6.45) is 1.15. The number of hydrogen-bond donors (Lipinski definition) is 3. The molecule has 0 aliphatic heterocycles. The van der Waals surface area contributed by atoms with E-state index >= 15 is 0 Å². The van der Waals surface area contributed by atoms with Crippen molar-refractivity contribution in [2.75, 3.05) is 6.54 Å². The second kappa shape index (κ2) is 13.5. The number of nitrogens with zero attached hydrogens (tertiary/aromatic N) is 1. The van der Waals surface area contributed by atoms with Crippen molar-refractivity contribution in [3.05, 3.63) is 65.2 Å². The molecule has 2 unspecified atom stereocenters. The molecule has 0 saturated carbocycles. The lowest BCUT2D eigenvalue weighted by molar-refractivity contribution is -0.148. The van der Waals surface area contributed by atoms with E-state index in [2.05, 4.69) is 10.6 Å². The molecular weight excluding hydrogens is 494 g/mol. The van der Waals surface area contributed by atoms with Crippen molar-refractivity contribution >= 4 is 17.9 Å². The number of carbonyl (C=O) groups excluding carboxylic acids is 3. The van der Waals surface area contributed by atoms with E-state index in [1.54, 1.807) is 37.8 Å². The fourth-order valence-electron chi connectivity index (χ4n) is 4.31. The van der Waals surface area contributed by atoms with Gasteiger partial charge in [0.1, 0.15) is 23.4 Å². The highest BCUT2D eigenvalue weighted by molar-refractivity contribution is 5.93. The van der Waals surface area contributed by atoms with Gasteiger partial charge in [-0.2, -0.15) is 0 Å². The van der Waals surface area contributed by atoms with Crippen LogP contribution in [0.1, 0.15) is 84.0 Å².